The second-order valence-electron chi connectivity index (χ2n) is 5.01. The molecule has 2 rings (SSSR count). The summed E-state index contributed by atoms with van der Waals surface area (Å²) >= 11 is 0. The van der Waals surface area contributed by atoms with Crippen molar-refractivity contribution in [2.75, 3.05) is 13.7 Å². The van der Waals surface area contributed by atoms with Gasteiger partial charge < -0.3 is 19.4 Å². The lowest BCUT2D eigenvalue weighted by Crippen LogP contribution is -2.37. The number of methoxy groups -OCH3 is 1. The first-order valence-electron chi connectivity index (χ1n) is 7.16. The summed E-state index contributed by atoms with van der Waals surface area (Å²) < 4.78 is 12.8. The molecule has 0 unspecified atom stereocenters. The van der Waals surface area contributed by atoms with Crippen molar-refractivity contribution in [3.05, 3.63) is 43.0 Å². The molecular formula is C16H21N3O3. The summed E-state index contributed by atoms with van der Waals surface area (Å²) in [5, 5.41) is 2.87. The summed E-state index contributed by atoms with van der Waals surface area (Å²) in [5.41, 5.74) is 0. The summed E-state index contributed by atoms with van der Waals surface area (Å²) in [6.07, 6.45) is 4.87. The van der Waals surface area contributed by atoms with E-state index in [1.165, 1.54) is 0 Å². The molecule has 1 aromatic carbocycles. The number of ether oxygens (including phenoxy) is 2. The van der Waals surface area contributed by atoms with Crippen molar-refractivity contribution in [2.24, 2.45) is 0 Å². The lowest BCUT2D eigenvalue weighted by Gasteiger charge is -2.19. The fourth-order valence-corrected chi connectivity index (χ4v) is 2.00. The van der Waals surface area contributed by atoms with Crippen LogP contribution in [0.2, 0.25) is 0 Å². The topological polar surface area (TPSA) is 65.4 Å². The van der Waals surface area contributed by atoms with Crippen LogP contribution >= 0.6 is 0 Å². The van der Waals surface area contributed by atoms with Gasteiger partial charge >= 0.3 is 0 Å². The minimum Gasteiger partial charge on any atom is -0.493 e. The Bertz CT molecular complexity index is 598. The largest absolute Gasteiger partial charge is 0.493 e. The Morgan fingerprint density at radius 1 is 1.32 bits per heavy atom. The third-order valence-electron chi connectivity index (χ3n) is 3.31. The number of carbonyl (C=O) groups excluding carboxylic acids is 1. The van der Waals surface area contributed by atoms with E-state index in [2.05, 4.69) is 10.3 Å². The van der Waals surface area contributed by atoms with Crippen LogP contribution in [0.25, 0.3) is 0 Å². The molecule has 2 atom stereocenters. The lowest BCUT2D eigenvalue weighted by atomic mass is 10.3. The third kappa shape index (κ3) is 4.00. The average molecular weight is 303 g/mol. The zero-order valence-electron chi connectivity index (χ0n) is 13.0. The molecule has 1 amide bonds. The zero-order chi connectivity index (χ0) is 15.9. The highest BCUT2D eigenvalue weighted by Crippen LogP contribution is 2.26. The number of amides is 1. The van der Waals surface area contributed by atoms with Crippen LogP contribution in [0.15, 0.2) is 43.0 Å². The molecule has 1 aromatic heterocycles. The number of para-hydroxylation sites is 2. The summed E-state index contributed by atoms with van der Waals surface area (Å²) in [6, 6.07) is 7.13. The molecule has 0 aliphatic heterocycles. The first kappa shape index (κ1) is 15.9. The molecule has 0 fully saturated rings. The van der Waals surface area contributed by atoms with Crippen LogP contribution in [-0.2, 0) is 4.79 Å². The van der Waals surface area contributed by atoms with Crippen molar-refractivity contribution in [3.63, 3.8) is 0 Å². The predicted octanol–water partition coefficient (Wildman–Crippen LogP) is 2.04. The van der Waals surface area contributed by atoms with Gasteiger partial charge in [0.15, 0.2) is 11.5 Å². The van der Waals surface area contributed by atoms with Crippen molar-refractivity contribution in [1.82, 2.24) is 14.9 Å². The first-order chi connectivity index (χ1) is 10.6. The van der Waals surface area contributed by atoms with Gasteiger partial charge in [0.1, 0.15) is 12.1 Å². The van der Waals surface area contributed by atoms with Gasteiger partial charge in [-0.05, 0) is 26.0 Å². The quantitative estimate of drug-likeness (QED) is 0.850. The Hall–Kier alpha value is -2.50. The van der Waals surface area contributed by atoms with Crippen LogP contribution in [0, 0.1) is 0 Å². The molecule has 118 valence electrons. The highest BCUT2D eigenvalue weighted by Gasteiger charge is 2.15. The second-order valence-corrected chi connectivity index (χ2v) is 5.01. The Balaban J connectivity index is 1.85. The monoisotopic (exact) mass is 303 g/mol. The number of rotatable bonds is 7. The maximum atomic E-state index is 12.1. The average Bonchev–Trinajstić information content (AvgIpc) is 3.06. The summed E-state index contributed by atoms with van der Waals surface area (Å²) in [5.74, 6) is 1.26. The van der Waals surface area contributed by atoms with Crippen LogP contribution in [-0.4, -0.2) is 35.2 Å². The van der Waals surface area contributed by atoms with E-state index < -0.39 is 0 Å². The van der Waals surface area contributed by atoms with Crippen LogP contribution in [0.1, 0.15) is 19.9 Å². The Morgan fingerprint density at radius 3 is 2.68 bits per heavy atom. The lowest BCUT2D eigenvalue weighted by molar-refractivity contribution is -0.124. The van der Waals surface area contributed by atoms with E-state index in [0.717, 1.165) is 0 Å². The number of nitrogens with one attached hydrogen (secondary N) is 1. The molecule has 0 bridgehead atoms. The van der Waals surface area contributed by atoms with E-state index in [4.69, 9.17) is 9.47 Å². The van der Waals surface area contributed by atoms with Crippen LogP contribution in [0.3, 0.4) is 0 Å². The number of hydrogen-bond donors (Lipinski definition) is 1. The normalized spacial score (nSPS) is 13.2. The molecule has 6 nitrogen and oxygen atoms in total. The highest BCUT2D eigenvalue weighted by molar-refractivity contribution is 5.79. The van der Waals surface area contributed by atoms with Gasteiger partial charge in [0.05, 0.1) is 20.0 Å². The Labute approximate surface area is 130 Å². The second kappa shape index (κ2) is 7.49. The number of aromatic nitrogens is 2. The Kier molecular flexibility index (Phi) is 5.41. The van der Waals surface area contributed by atoms with Crippen molar-refractivity contribution in [1.29, 1.82) is 0 Å². The zero-order valence-corrected chi connectivity index (χ0v) is 13.0. The molecule has 0 saturated carbocycles. The first-order valence-corrected chi connectivity index (χ1v) is 7.16. The summed E-state index contributed by atoms with van der Waals surface area (Å²) in [7, 11) is 1.60. The Morgan fingerprint density at radius 2 is 2.05 bits per heavy atom. The molecule has 22 heavy (non-hydrogen) atoms. The molecule has 0 radical (unpaired) electrons. The van der Waals surface area contributed by atoms with Gasteiger partial charge in [-0.25, -0.2) is 4.98 Å². The van der Waals surface area contributed by atoms with Gasteiger partial charge in [-0.1, -0.05) is 12.1 Å². The molecule has 0 spiro atoms. The minimum atomic E-state index is -0.305. The smallest absolute Gasteiger partial charge is 0.242 e. The molecule has 1 N–H and O–H groups in total. The maximum absolute atomic E-state index is 12.1. The van der Waals surface area contributed by atoms with Crippen molar-refractivity contribution in [3.8, 4) is 11.5 Å². The number of nitrogens with zero attached hydrogens (tertiary/aromatic N) is 2. The molecule has 2 aromatic rings. The standard InChI is InChI=1S/C16H21N3O3/c1-12(22-15-7-5-4-6-14(15)21-3)10-18-16(20)13(2)19-9-8-17-11-19/h4-9,11-13H,10H2,1-3H3,(H,18,20)/t12-,13+/m1/s1. The summed E-state index contributed by atoms with van der Waals surface area (Å²) in [4.78, 5) is 16.0. The van der Waals surface area contributed by atoms with E-state index in [0.29, 0.717) is 18.0 Å². The van der Waals surface area contributed by atoms with Gasteiger partial charge in [0, 0.05) is 12.4 Å². The number of imidazole rings is 1. The van der Waals surface area contributed by atoms with Crippen molar-refractivity contribution < 1.29 is 14.3 Å². The fraction of sp³-hybridized carbons (Fsp3) is 0.375. The van der Waals surface area contributed by atoms with Crippen LogP contribution < -0.4 is 14.8 Å². The minimum absolute atomic E-state index is 0.0755. The van der Waals surface area contributed by atoms with Crippen molar-refractivity contribution >= 4 is 5.91 Å². The van der Waals surface area contributed by atoms with E-state index in [1.54, 1.807) is 30.4 Å². The molecule has 0 aliphatic carbocycles. The van der Waals surface area contributed by atoms with E-state index >= 15 is 0 Å². The van der Waals surface area contributed by atoms with E-state index in [-0.39, 0.29) is 18.1 Å². The van der Waals surface area contributed by atoms with Crippen LogP contribution in [0.5, 0.6) is 11.5 Å². The molecule has 0 aliphatic rings. The number of hydrogen-bond acceptors (Lipinski definition) is 4. The molecule has 6 heteroatoms. The molecule has 1 heterocycles. The van der Waals surface area contributed by atoms with Crippen molar-refractivity contribution in [2.45, 2.75) is 26.0 Å². The molecule has 0 saturated heterocycles. The third-order valence-corrected chi connectivity index (χ3v) is 3.31. The van der Waals surface area contributed by atoms with Gasteiger partial charge in [-0.2, -0.15) is 0 Å². The van der Waals surface area contributed by atoms with Gasteiger partial charge in [-0.3, -0.25) is 4.79 Å². The number of carbonyl (C=O) groups is 1. The van der Waals surface area contributed by atoms with Gasteiger partial charge in [-0.15, -0.1) is 0 Å². The predicted molar refractivity (Wildman–Crippen MR) is 83.0 cm³/mol. The fourth-order valence-electron chi connectivity index (χ4n) is 2.00. The van der Waals surface area contributed by atoms with E-state index in [1.807, 2.05) is 38.1 Å². The van der Waals surface area contributed by atoms with Crippen LogP contribution in [0.4, 0.5) is 0 Å². The maximum Gasteiger partial charge on any atom is 0.242 e. The highest BCUT2D eigenvalue weighted by atomic mass is 16.5. The SMILES string of the molecule is COc1ccccc1O[C@H](C)CNC(=O)[C@H](C)n1ccnc1. The number of benzene rings is 1. The summed E-state index contributed by atoms with van der Waals surface area (Å²) in [6.45, 7) is 4.13. The molecular weight excluding hydrogens is 282 g/mol. The van der Waals surface area contributed by atoms with E-state index in [9.17, 15) is 4.79 Å². The van der Waals surface area contributed by atoms with Gasteiger partial charge in [0.2, 0.25) is 5.91 Å². The van der Waals surface area contributed by atoms with Gasteiger partial charge in [0.25, 0.3) is 0 Å².